The van der Waals surface area contributed by atoms with Gasteiger partial charge in [0.15, 0.2) is 0 Å². The van der Waals surface area contributed by atoms with Crippen molar-refractivity contribution in [3.8, 4) is 0 Å². The van der Waals surface area contributed by atoms with Crippen molar-refractivity contribution in [3.63, 3.8) is 0 Å². The van der Waals surface area contributed by atoms with Crippen molar-refractivity contribution in [3.05, 3.63) is 28.8 Å². The molecule has 0 aliphatic rings. The number of esters is 1. The summed E-state index contributed by atoms with van der Waals surface area (Å²) < 4.78 is 43.0. The van der Waals surface area contributed by atoms with Gasteiger partial charge in [-0.15, -0.1) is 0 Å². The summed E-state index contributed by atoms with van der Waals surface area (Å²) in [5, 5.41) is 0. The Morgan fingerprint density at radius 1 is 1.53 bits per heavy atom. The lowest BCUT2D eigenvalue weighted by Gasteiger charge is -2.08. The van der Waals surface area contributed by atoms with E-state index in [1.54, 1.807) is 6.92 Å². The van der Waals surface area contributed by atoms with Crippen LogP contribution in [0.25, 0.3) is 0 Å². The van der Waals surface area contributed by atoms with E-state index in [-0.39, 0.29) is 24.3 Å². The molecule has 1 aromatic rings. The normalized spacial score (nSPS) is 10.7. The molecular weight excluding hydrogens is 235 g/mol. The first-order chi connectivity index (χ1) is 7.95. The SMILES string of the molecule is CCOC(=O)Cc1cc(C(F)F)nc(C)c1F. The number of halogens is 3. The zero-order valence-corrected chi connectivity index (χ0v) is 9.47. The maximum absolute atomic E-state index is 13.5. The minimum atomic E-state index is -2.80. The van der Waals surface area contributed by atoms with E-state index in [2.05, 4.69) is 9.72 Å². The number of pyridine rings is 1. The number of carbonyl (C=O) groups excluding carboxylic acids is 1. The molecule has 0 radical (unpaired) electrons. The number of carbonyl (C=O) groups is 1. The van der Waals surface area contributed by atoms with Gasteiger partial charge in [-0.2, -0.15) is 0 Å². The van der Waals surface area contributed by atoms with Crippen LogP contribution in [0.3, 0.4) is 0 Å². The molecule has 94 valence electrons. The van der Waals surface area contributed by atoms with E-state index < -0.39 is 23.9 Å². The first-order valence-electron chi connectivity index (χ1n) is 5.05. The fraction of sp³-hybridized carbons (Fsp3) is 0.455. The Kier molecular flexibility index (Phi) is 4.48. The standard InChI is InChI=1S/C11H12F3NO2/c1-3-17-9(16)5-7-4-8(11(13)14)15-6(2)10(7)12/h4,11H,3,5H2,1-2H3. The summed E-state index contributed by atoms with van der Waals surface area (Å²) in [7, 11) is 0. The molecule has 0 bridgehead atoms. The van der Waals surface area contributed by atoms with Crippen molar-refractivity contribution >= 4 is 5.97 Å². The molecule has 6 heteroatoms. The third kappa shape index (κ3) is 3.44. The second-order valence-corrected chi connectivity index (χ2v) is 3.39. The van der Waals surface area contributed by atoms with Gasteiger partial charge < -0.3 is 4.74 Å². The van der Waals surface area contributed by atoms with Gasteiger partial charge >= 0.3 is 5.97 Å². The van der Waals surface area contributed by atoms with E-state index in [1.807, 2.05) is 0 Å². The Hall–Kier alpha value is -1.59. The highest BCUT2D eigenvalue weighted by molar-refractivity contribution is 5.72. The number of alkyl halides is 2. The quantitative estimate of drug-likeness (QED) is 0.767. The highest BCUT2D eigenvalue weighted by Gasteiger charge is 2.17. The van der Waals surface area contributed by atoms with Gasteiger partial charge in [-0.3, -0.25) is 4.79 Å². The molecular formula is C11H12F3NO2. The molecule has 1 rings (SSSR count). The number of hydrogen-bond donors (Lipinski definition) is 0. The van der Waals surface area contributed by atoms with Gasteiger partial charge in [0, 0.05) is 5.56 Å². The number of nitrogens with zero attached hydrogens (tertiary/aromatic N) is 1. The fourth-order valence-corrected chi connectivity index (χ4v) is 1.36. The van der Waals surface area contributed by atoms with E-state index in [0.29, 0.717) is 0 Å². The topological polar surface area (TPSA) is 39.2 Å². The number of hydrogen-bond acceptors (Lipinski definition) is 3. The Bertz CT molecular complexity index is 421. The average molecular weight is 247 g/mol. The molecule has 0 N–H and O–H groups in total. The molecule has 0 saturated carbocycles. The minimum Gasteiger partial charge on any atom is -0.466 e. The first-order valence-corrected chi connectivity index (χ1v) is 5.05. The molecule has 1 aromatic heterocycles. The Balaban J connectivity index is 3.01. The molecule has 0 aliphatic carbocycles. The Labute approximate surface area is 96.6 Å². The Morgan fingerprint density at radius 2 is 2.18 bits per heavy atom. The van der Waals surface area contributed by atoms with Crippen LogP contribution in [0.4, 0.5) is 13.2 Å². The molecule has 17 heavy (non-hydrogen) atoms. The summed E-state index contributed by atoms with van der Waals surface area (Å²) >= 11 is 0. The van der Waals surface area contributed by atoms with Gasteiger partial charge in [-0.1, -0.05) is 0 Å². The number of aromatic nitrogens is 1. The first kappa shape index (κ1) is 13.5. The predicted molar refractivity (Wildman–Crippen MR) is 54.2 cm³/mol. The van der Waals surface area contributed by atoms with E-state index in [9.17, 15) is 18.0 Å². The van der Waals surface area contributed by atoms with Gasteiger partial charge in [-0.05, 0) is 19.9 Å². The smallest absolute Gasteiger partial charge is 0.310 e. The van der Waals surface area contributed by atoms with E-state index >= 15 is 0 Å². The average Bonchev–Trinajstić information content (AvgIpc) is 2.24. The lowest BCUT2D eigenvalue weighted by atomic mass is 10.1. The zero-order valence-electron chi connectivity index (χ0n) is 9.47. The molecule has 1 heterocycles. The number of rotatable bonds is 4. The molecule has 0 aromatic carbocycles. The molecule has 0 unspecified atom stereocenters. The molecule has 0 amide bonds. The van der Waals surface area contributed by atoms with Crippen LogP contribution in [-0.4, -0.2) is 17.6 Å². The van der Waals surface area contributed by atoms with Crippen LogP contribution in [0, 0.1) is 12.7 Å². The zero-order chi connectivity index (χ0) is 13.0. The minimum absolute atomic E-state index is 0.119. The molecule has 3 nitrogen and oxygen atoms in total. The van der Waals surface area contributed by atoms with Crippen LogP contribution >= 0.6 is 0 Å². The number of ether oxygens (including phenoxy) is 1. The lowest BCUT2D eigenvalue weighted by Crippen LogP contribution is -2.11. The van der Waals surface area contributed by atoms with Crippen LogP contribution in [0.5, 0.6) is 0 Å². The van der Waals surface area contributed by atoms with Gasteiger partial charge in [0.05, 0.1) is 18.7 Å². The van der Waals surface area contributed by atoms with Crippen LogP contribution < -0.4 is 0 Å². The number of aryl methyl sites for hydroxylation is 1. The van der Waals surface area contributed by atoms with E-state index in [1.165, 1.54) is 6.92 Å². The van der Waals surface area contributed by atoms with Gasteiger partial charge in [0.1, 0.15) is 11.5 Å². The van der Waals surface area contributed by atoms with Crippen molar-refractivity contribution in [1.29, 1.82) is 0 Å². The summed E-state index contributed by atoms with van der Waals surface area (Å²) in [5.41, 5.74) is -0.809. The van der Waals surface area contributed by atoms with Crippen molar-refractivity contribution in [2.45, 2.75) is 26.7 Å². The fourth-order valence-electron chi connectivity index (χ4n) is 1.36. The molecule has 0 aliphatic heterocycles. The highest BCUT2D eigenvalue weighted by atomic mass is 19.3. The second-order valence-electron chi connectivity index (χ2n) is 3.39. The Morgan fingerprint density at radius 3 is 2.71 bits per heavy atom. The van der Waals surface area contributed by atoms with Gasteiger partial charge in [0.25, 0.3) is 6.43 Å². The molecule has 0 saturated heterocycles. The van der Waals surface area contributed by atoms with Crippen molar-refractivity contribution < 1.29 is 22.7 Å². The van der Waals surface area contributed by atoms with Gasteiger partial charge in [-0.25, -0.2) is 18.2 Å². The van der Waals surface area contributed by atoms with Crippen molar-refractivity contribution in [2.75, 3.05) is 6.61 Å². The van der Waals surface area contributed by atoms with Crippen LogP contribution in [0.15, 0.2) is 6.07 Å². The highest BCUT2D eigenvalue weighted by Crippen LogP contribution is 2.21. The molecule has 0 fully saturated rings. The predicted octanol–water partition coefficient (Wildman–Crippen LogP) is 2.57. The van der Waals surface area contributed by atoms with Crippen LogP contribution in [0.2, 0.25) is 0 Å². The monoisotopic (exact) mass is 247 g/mol. The molecule has 0 atom stereocenters. The van der Waals surface area contributed by atoms with Crippen LogP contribution in [-0.2, 0) is 16.0 Å². The summed E-state index contributed by atoms with van der Waals surface area (Å²) in [6.07, 6.45) is -3.17. The van der Waals surface area contributed by atoms with Crippen molar-refractivity contribution in [2.24, 2.45) is 0 Å². The third-order valence-electron chi connectivity index (χ3n) is 2.08. The van der Waals surface area contributed by atoms with Crippen LogP contribution in [0.1, 0.15) is 30.3 Å². The summed E-state index contributed by atoms with van der Waals surface area (Å²) in [6, 6.07) is 0.893. The van der Waals surface area contributed by atoms with Gasteiger partial charge in [0.2, 0.25) is 0 Å². The summed E-state index contributed by atoms with van der Waals surface area (Å²) in [5.74, 6) is -1.40. The van der Waals surface area contributed by atoms with E-state index in [4.69, 9.17) is 0 Å². The second kappa shape index (κ2) is 5.65. The summed E-state index contributed by atoms with van der Waals surface area (Å²) in [4.78, 5) is 14.6. The maximum atomic E-state index is 13.5. The summed E-state index contributed by atoms with van der Waals surface area (Å²) in [6.45, 7) is 3.04. The largest absolute Gasteiger partial charge is 0.466 e. The third-order valence-corrected chi connectivity index (χ3v) is 2.08. The van der Waals surface area contributed by atoms with E-state index in [0.717, 1.165) is 6.07 Å². The maximum Gasteiger partial charge on any atom is 0.310 e. The van der Waals surface area contributed by atoms with Crippen molar-refractivity contribution in [1.82, 2.24) is 4.98 Å². The lowest BCUT2D eigenvalue weighted by molar-refractivity contribution is -0.142. The molecule has 0 spiro atoms.